The van der Waals surface area contributed by atoms with Crippen molar-refractivity contribution in [2.75, 3.05) is 0 Å². The number of aromatic hydroxyl groups is 1. The third-order valence-corrected chi connectivity index (χ3v) is 3.04. The van der Waals surface area contributed by atoms with Crippen LogP contribution in [-0.2, 0) is 0 Å². The number of aromatic nitrogens is 1. The molecule has 24 heavy (non-hydrogen) atoms. The maximum Gasteiger partial charge on any atom is 0.278 e. The van der Waals surface area contributed by atoms with E-state index in [-0.39, 0.29) is 17.3 Å². The van der Waals surface area contributed by atoms with E-state index in [0.29, 0.717) is 11.4 Å². The number of hydrogen-bond acceptors (Lipinski definition) is 6. The number of aromatic amines is 1. The smallest absolute Gasteiger partial charge is 0.278 e. The van der Waals surface area contributed by atoms with Gasteiger partial charge >= 0.3 is 0 Å². The second-order valence-electron chi connectivity index (χ2n) is 4.79. The zero-order valence-electron chi connectivity index (χ0n) is 12.5. The van der Waals surface area contributed by atoms with E-state index in [1.165, 1.54) is 6.07 Å². The summed E-state index contributed by atoms with van der Waals surface area (Å²) in [4.78, 5) is 14.1. The summed E-state index contributed by atoms with van der Waals surface area (Å²) in [5.74, 6) is -0.377. The molecular formula is C17H13N5O2. The molecule has 3 aromatic rings. The van der Waals surface area contributed by atoms with Crippen LogP contribution in [0.15, 0.2) is 92.0 Å². The summed E-state index contributed by atoms with van der Waals surface area (Å²) in [7, 11) is 0. The third kappa shape index (κ3) is 3.77. The van der Waals surface area contributed by atoms with Gasteiger partial charge in [-0.15, -0.1) is 10.2 Å². The first-order valence-electron chi connectivity index (χ1n) is 7.12. The van der Waals surface area contributed by atoms with E-state index in [4.69, 9.17) is 0 Å². The van der Waals surface area contributed by atoms with Crippen molar-refractivity contribution < 1.29 is 5.11 Å². The topological polar surface area (TPSA) is 103 Å². The van der Waals surface area contributed by atoms with E-state index in [1.807, 2.05) is 36.4 Å². The molecule has 118 valence electrons. The molecular weight excluding hydrogens is 306 g/mol. The summed E-state index contributed by atoms with van der Waals surface area (Å²) in [6.07, 6.45) is 0. The van der Waals surface area contributed by atoms with Gasteiger partial charge in [-0.2, -0.15) is 10.2 Å². The first-order valence-corrected chi connectivity index (χ1v) is 7.12. The number of nitrogens with zero attached hydrogens (tertiary/aromatic N) is 4. The van der Waals surface area contributed by atoms with Crippen molar-refractivity contribution in [1.82, 2.24) is 4.98 Å². The van der Waals surface area contributed by atoms with Gasteiger partial charge in [-0.05, 0) is 24.3 Å². The lowest BCUT2D eigenvalue weighted by Gasteiger charge is -1.99. The predicted molar refractivity (Wildman–Crippen MR) is 90.0 cm³/mol. The highest BCUT2D eigenvalue weighted by atomic mass is 16.3. The average molecular weight is 319 g/mol. The zero-order chi connectivity index (χ0) is 16.8. The summed E-state index contributed by atoms with van der Waals surface area (Å²) < 4.78 is 0. The highest BCUT2D eigenvalue weighted by Crippen LogP contribution is 2.28. The molecule has 0 bridgehead atoms. The Balaban J connectivity index is 1.90. The third-order valence-electron chi connectivity index (χ3n) is 3.04. The molecule has 0 radical (unpaired) electrons. The number of azo groups is 2. The van der Waals surface area contributed by atoms with Crippen molar-refractivity contribution in [1.29, 1.82) is 0 Å². The van der Waals surface area contributed by atoms with E-state index >= 15 is 0 Å². The first-order chi connectivity index (χ1) is 11.7. The van der Waals surface area contributed by atoms with Crippen molar-refractivity contribution >= 4 is 22.7 Å². The highest BCUT2D eigenvalue weighted by molar-refractivity contribution is 5.54. The predicted octanol–water partition coefficient (Wildman–Crippen LogP) is 4.91. The zero-order valence-corrected chi connectivity index (χ0v) is 12.5. The molecule has 2 N–H and O–H groups in total. The first kappa shape index (κ1) is 15.3. The summed E-state index contributed by atoms with van der Waals surface area (Å²) in [6, 6.07) is 19.4. The summed E-state index contributed by atoms with van der Waals surface area (Å²) in [5.41, 5.74) is 0.790. The van der Waals surface area contributed by atoms with Crippen molar-refractivity contribution in [3.05, 3.63) is 77.1 Å². The Morgan fingerprint density at radius 1 is 0.708 bits per heavy atom. The van der Waals surface area contributed by atoms with Crippen LogP contribution >= 0.6 is 0 Å². The van der Waals surface area contributed by atoms with Crippen molar-refractivity contribution in [3.63, 3.8) is 0 Å². The van der Waals surface area contributed by atoms with E-state index in [9.17, 15) is 9.90 Å². The molecule has 0 aliphatic carbocycles. The Hall–Kier alpha value is -3.61. The lowest BCUT2D eigenvalue weighted by Crippen LogP contribution is -2.03. The Kier molecular flexibility index (Phi) is 4.52. The minimum atomic E-state index is -0.564. The fourth-order valence-electron chi connectivity index (χ4n) is 1.86. The van der Waals surface area contributed by atoms with Gasteiger partial charge in [0.15, 0.2) is 5.69 Å². The molecule has 0 amide bonds. The standard InChI is InChI=1S/C17H13N5O2/c23-16-14(21-19-12-7-3-1-4-8-12)11-15(17(24)18-16)22-20-13-9-5-2-6-10-13/h1-11H,(H2,18,23,24). The number of H-pyrrole nitrogens is 1. The SMILES string of the molecule is O=c1[nH]c(O)c(N=Nc2ccccc2)cc1N=Nc1ccccc1. The number of pyridine rings is 1. The van der Waals surface area contributed by atoms with Crippen LogP contribution in [0.3, 0.4) is 0 Å². The van der Waals surface area contributed by atoms with Gasteiger partial charge in [-0.1, -0.05) is 36.4 Å². The van der Waals surface area contributed by atoms with Crippen LogP contribution in [0.5, 0.6) is 5.88 Å². The number of nitrogens with one attached hydrogen (secondary N) is 1. The van der Waals surface area contributed by atoms with Gasteiger partial charge in [0.05, 0.1) is 11.4 Å². The summed E-state index contributed by atoms with van der Waals surface area (Å²) in [6.45, 7) is 0. The van der Waals surface area contributed by atoms with E-state index in [0.717, 1.165) is 0 Å². The molecule has 0 unspecified atom stereocenters. The van der Waals surface area contributed by atoms with E-state index in [1.54, 1.807) is 24.3 Å². The average Bonchev–Trinajstić information content (AvgIpc) is 2.62. The largest absolute Gasteiger partial charge is 0.493 e. The molecule has 1 heterocycles. The van der Waals surface area contributed by atoms with Crippen LogP contribution in [0.4, 0.5) is 22.7 Å². The van der Waals surface area contributed by atoms with Gasteiger partial charge in [0.1, 0.15) is 5.69 Å². The normalized spacial score (nSPS) is 11.3. The van der Waals surface area contributed by atoms with Crippen molar-refractivity contribution in [3.8, 4) is 5.88 Å². The second-order valence-corrected chi connectivity index (χ2v) is 4.79. The summed E-state index contributed by atoms with van der Waals surface area (Å²) in [5, 5.41) is 25.6. The lowest BCUT2D eigenvalue weighted by atomic mass is 10.3. The van der Waals surface area contributed by atoms with Gasteiger partial charge < -0.3 is 5.11 Å². The van der Waals surface area contributed by atoms with Crippen LogP contribution in [-0.4, -0.2) is 10.1 Å². The molecule has 0 saturated heterocycles. The van der Waals surface area contributed by atoms with Gasteiger partial charge in [0, 0.05) is 6.07 Å². The van der Waals surface area contributed by atoms with Crippen molar-refractivity contribution in [2.45, 2.75) is 0 Å². The molecule has 7 nitrogen and oxygen atoms in total. The molecule has 0 fully saturated rings. The Bertz CT molecular complexity index is 934. The number of hydrogen-bond donors (Lipinski definition) is 2. The molecule has 7 heteroatoms. The van der Waals surface area contributed by atoms with Gasteiger partial charge in [0.25, 0.3) is 5.56 Å². The molecule has 0 atom stereocenters. The molecule has 0 saturated carbocycles. The van der Waals surface area contributed by atoms with Gasteiger partial charge in [-0.25, -0.2) is 0 Å². The monoisotopic (exact) mass is 319 g/mol. The Morgan fingerprint density at radius 3 is 1.75 bits per heavy atom. The van der Waals surface area contributed by atoms with Gasteiger partial charge in [0.2, 0.25) is 5.88 Å². The van der Waals surface area contributed by atoms with Crippen LogP contribution in [0.25, 0.3) is 0 Å². The molecule has 0 aliphatic heterocycles. The minimum absolute atomic E-state index is 0.0265. The maximum absolute atomic E-state index is 11.8. The van der Waals surface area contributed by atoms with Crippen LogP contribution in [0.1, 0.15) is 0 Å². The highest BCUT2D eigenvalue weighted by Gasteiger charge is 2.07. The van der Waals surface area contributed by atoms with Gasteiger partial charge in [-0.3, -0.25) is 9.78 Å². The number of rotatable bonds is 4. The maximum atomic E-state index is 11.8. The summed E-state index contributed by atoms with van der Waals surface area (Å²) >= 11 is 0. The second kappa shape index (κ2) is 7.10. The molecule has 0 spiro atoms. The van der Waals surface area contributed by atoms with Crippen LogP contribution < -0.4 is 5.56 Å². The van der Waals surface area contributed by atoms with E-state index in [2.05, 4.69) is 25.4 Å². The molecule has 1 aromatic heterocycles. The molecule has 2 aromatic carbocycles. The lowest BCUT2D eigenvalue weighted by molar-refractivity contribution is 0.453. The number of benzene rings is 2. The molecule has 3 rings (SSSR count). The molecule has 0 aliphatic rings. The van der Waals surface area contributed by atoms with Crippen LogP contribution in [0.2, 0.25) is 0 Å². The Labute approximate surface area is 137 Å². The minimum Gasteiger partial charge on any atom is -0.493 e. The van der Waals surface area contributed by atoms with Crippen LogP contribution in [0, 0.1) is 0 Å². The Morgan fingerprint density at radius 2 is 1.21 bits per heavy atom. The van der Waals surface area contributed by atoms with E-state index < -0.39 is 5.56 Å². The quantitative estimate of drug-likeness (QED) is 0.667. The fraction of sp³-hybridized carbons (Fsp3) is 0. The van der Waals surface area contributed by atoms with Crippen molar-refractivity contribution in [2.24, 2.45) is 20.5 Å². The fourth-order valence-corrected chi connectivity index (χ4v) is 1.86.